The Bertz CT molecular complexity index is 521. The number of carbonyl (C=O) groups is 4. The molecule has 4 N–H and O–H groups in total. The van der Waals surface area contributed by atoms with E-state index in [9.17, 15) is 19.2 Å². The molecule has 0 saturated heterocycles. The number of hydrogen-bond donors (Lipinski definition) is 4. The first-order valence-electron chi connectivity index (χ1n) is 17.0. The molecular weight excluding hydrogens is 536 g/mol. The second-order valence-electron chi connectivity index (χ2n) is 10.9. The second kappa shape index (κ2) is 43.3. The van der Waals surface area contributed by atoms with Crippen LogP contribution in [-0.4, -0.2) is 44.3 Å². The molecule has 0 aromatic carbocycles. The first kappa shape index (κ1) is 46.8. The molecule has 8 heteroatoms. The Labute approximate surface area is 258 Å². The lowest BCUT2D eigenvalue weighted by Crippen LogP contribution is -1.93. The van der Waals surface area contributed by atoms with Gasteiger partial charge in [0, 0.05) is 25.7 Å². The van der Waals surface area contributed by atoms with Gasteiger partial charge in [-0.25, -0.2) is 0 Å². The van der Waals surface area contributed by atoms with Crippen LogP contribution in [0.15, 0.2) is 0 Å². The van der Waals surface area contributed by atoms with E-state index < -0.39 is 23.9 Å². The fourth-order valence-corrected chi connectivity index (χ4v) is 3.87. The molecule has 0 aliphatic carbocycles. The smallest absolute Gasteiger partial charge is 0.303 e. The van der Waals surface area contributed by atoms with Crippen molar-refractivity contribution in [2.45, 2.75) is 195 Å². The van der Waals surface area contributed by atoms with E-state index >= 15 is 0 Å². The van der Waals surface area contributed by atoms with Crippen LogP contribution in [0.25, 0.3) is 0 Å². The monoisotopic (exact) mass is 604 g/mol. The largest absolute Gasteiger partial charge is 0.481 e. The topological polar surface area (TPSA) is 149 Å². The Morgan fingerprint density at radius 1 is 0.286 bits per heavy atom. The van der Waals surface area contributed by atoms with Gasteiger partial charge >= 0.3 is 23.9 Å². The molecule has 252 valence electrons. The van der Waals surface area contributed by atoms with Crippen LogP contribution in [0.5, 0.6) is 0 Å². The van der Waals surface area contributed by atoms with Crippen molar-refractivity contribution in [3.63, 3.8) is 0 Å². The summed E-state index contributed by atoms with van der Waals surface area (Å²) in [6.07, 6.45) is 26.3. The Kier molecular flexibility index (Phi) is 48.3. The van der Waals surface area contributed by atoms with Crippen molar-refractivity contribution in [1.82, 2.24) is 0 Å². The van der Waals surface area contributed by atoms with Gasteiger partial charge in [0.15, 0.2) is 0 Å². The van der Waals surface area contributed by atoms with Crippen molar-refractivity contribution in [3.05, 3.63) is 0 Å². The molecule has 0 heterocycles. The first-order valence-corrected chi connectivity index (χ1v) is 17.0. The van der Waals surface area contributed by atoms with E-state index in [-0.39, 0.29) is 0 Å². The summed E-state index contributed by atoms with van der Waals surface area (Å²) in [4.78, 5) is 40.2. The van der Waals surface area contributed by atoms with E-state index in [2.05, 4.69) is 27.7 Å². The van der Waals surface area contributed by atoms with E-state index in [4.69, 9.17) is 20.4 Å². The summed E-state index contributed by atoms with van der Waals surface area (Å²) in [6, 6.07) is 0. The maximum Gasteiger partial charge on any atom is 0.303 e. The van der Waals surface area contributed by atoms with Gasteiger partial charge in [-0.05, 0) is 25.7 Å². The van der Waals surface area contributed by atoms with Crippen molar-refractivity contribution in [2.24, 2.45) is 0 Å². The molecule has 0 rings (SSSR count). The summed E-state index contributed by atoms with van der Waals surface area (Å²) in [5.74, 6) is -2.67. The zero-order chi connectivity index (χ0) is 32.7. The summed E-state index contributed by atoms with van der Waals surface area (Å²) in [5.41, 5.74) is 0. The molecule has 0 aliphatic rings. The lowest BCUT2D eigenvalue weighted by atomic mass is 10.1. The van der Waals surface area contributed by atoms with Gasteiger partial charge in [0.25, 0.3) is 0 Å². The average molecular weight is 605 g/mol. The van der Waals surface area contributed by atoms with Crippen LogP contribution in [0.4, 0.5) is 0 Å². The summed E-state index contributed by atoms with van der Waals surface area (Å²) in [6.45, 7) is 8.65. The third-order valence-electron chi connectivity index (χ3n) is 6.48. The average Bonchev–Trinajstić information content (AvgIpc) is 2.93. The van der Waals surface area contributed by atoms with Gasteiger partial charge in [0.1, 0.15) is 0 Å². The maximum absolute atomic E-state index is 10.1. The normalized spacial score (nSPS) is 9.81. The Morgan fingerprint density at radius 3 is 0.571 bits per heavy atom. The van der Waals surface area contributed by atoms with Gasteiger partial charge in [-0.2, -0.15) is 0 Å². The molecular formula is C34H68O8. The van der Waals surface area contributed by atoms with Gasteiger partial charge in [-0.1, -0.05) is 143 Å². The third kappa shape index (κ3) is 66.3. The molecule has 0 unspecified atom stereocenters. The first-order chi connectivity index (χ1) is 20.1. The van der Waals surface area contributed by atoms with Gasteiger partial charge in [-0.3, -0.25) is 19.2 Å². The summed E-state index contributed by atoms with van der Waals surface area (Å²) < 4.78 is 0. The van der Waals surface area contributed by atoms with Crippen molar-refractivity contribution >= 4 is 23.9 Å². The van der Waals surface area contributed by atoms with Crippen molar-refractivity contribution in [1.29, 1.82) is 0 Å². The molecule has 0 bridgehead atoms. The van der Waals surface area contributed by atoms with Gasteiger partial charge in [-0.15, -0.1) is 0 Å². The Hall–Kier alpha value is -2.12. The predicted molar refractivity (Wildman–Crippen MR) is 173 cm³/mol. The van der Waals surface area contributed by atoms with Crippen LogP contribution >= 0.6 is 0 Å². The van der Waals surface area contributed by atoms with E-state index in [0.717, 1.165) is 51.4 Å². The number of hydrogen-bond acceptors (Lipinski definition) is 4. The van der Waals surface area contributed by atoms with Crippen molar-refractivity contribution < 1.29 is 39.6 Å². The number of rotatable bonds is 26. The molecule has 0 amide bonds. The summed E-state index contributed by atoms with van der Waals surface area (Å²) in [5, 5.41) is 33.2. The van der Waals surface area contributed by atoms with Crippen LogP contribution in [0.3, 0.4) is 0 Å². The number of aliphatic carboxylic acids is 4. The molecule has 0 aliphatic heterocycles. The van der Waals surface area contributed by atoms with E-state index in [1.807, 2.05) is 0 Å². The quantitative estimate of drug-likeness (QED) is 0.0712. The lowest BCUT2D eigenvalue weighted by molar-refractivity contribution is -0.138. The SMILES string of the molecule is CCCCCCCC(=O)O.CCCCCCCC(=O)O.CCCCCCCC(=O)O.CCCCCCCCCC(=O)O. The Balaban J connectivity index is -0.000000230. The molecule has 0 aromatic rings. The molecule has 0 saturated carbocycles. The van der Waals surface area contributed by atoms with Crippen LogP contribution in [0, 0.1) is 0 Å². The minimum absolute atomic E-state index is 0.337. The highest BCUT2D eigenvalue weighted by atomic mass is 16.4. The highest BCUT2D eigenvalue weighted by Gasteiger charge is 1.97. The zero-order valence-corrected chi connectivity index (χ0v) is 27.8. The van der Waals surface area contributed by atoms with E-state index in [1.54, 1.807) is 0 Å². The molecule has 42 heavy (non-hydrogen) atoms. The number of carboxylic acid groups (broad SMARTS) is 4. The van der Waals surface area contributed by atoms with Crippen LogP contribution in [0.2, 0.25) is 0 Å². The van der Waals surface area contributed by atoms with E-state index in [0.29, 0.717) is 25.7 Å². The maximum atomic E-state index is 10.1. The zero-order valence-electron chi connectivity index (χ0n) is 27.8. The minimum atomic E-state index is -0.670. The highest BCUT2D eigenvalue weighted by Crippen LogP contribution is 2.08. The lowest BCUT2D eigenvalue weighted by Gasteiger charge is -1.98. The molecule has 0 radical (unpaired) electrons. The van der Waals surface area contributed by atoms with E-state index in [1.165, 1.54) is 89.9 Å². The third-order valence-corrected chi connectivity index (χ3v) is 6.48. The fourth-order valence-electron chi connectivity index (χ4n) is 3.87. The molecule has 0 spiro atoms. The molecule has 8 nitrogen and oxygen atoms in total. The van der Waals surface area contributed by atoms with Gasteiger partial charge < -0.3 is 20.4 Å². The molecule has 0 aromatic heterocycles. The fraction of sp³-hybridized carbons (Fsp3) is 0.882. The highest BCUT2D eigenvalue weighted by molar-refractivity contribution is 5.67. The summed E-state index contributed by atoms with van der Waals surface area (Å²) in [7, 11) is 0. The van der Waals surface area contributed by atoms with Gasteiger partial charge in [0.05, 0.1) is 0 Å². The Morgan fingerprint density at radius 2 is 0.429 bits per heavy atom. The number of unbranched alkanes of at least 4 members (excludes halogenated alkanes) is 18. The van der Waals surface area contributed by atoms with Crippen molar-refractivity contribution in [2.75, 3.05) is 0 Å². The molecule has 0 fully saturated rings. The number of carboxylic acids is 4. The predicted octanol–water partition coefficient (Wildman–Crippen LogP) is 10.5. The van der Waals surface area contributed by atoms with Crippen LogP contribution < -0.4 is 0 Å². The van der Waals surface area contributed by atoms with Crippen LogP contribution in [-0.2, 0) is 19.2 Å². The van der Waals surface area contributed by atoms with Crippen molar-refractivity contribution in [3.8, 4) is 0 Å². The molecule has 0 atom stereocenters. The standard InChI is InChI=1S/C10H20O2.3C8H16O2/c1-2-3-4-5-6-7-8-9-10(11)12;3*1-2-3-4-5-6-7-8(9)10/h2-9H2,1H3,(H,11,12);3*2-7H2,1H3,(H,9,10). The summed E-state index contributed by atoms with van der Waals surface area (Å²) >= 11 is 0. The minimum Gasteiger partial charge on any atom is -0.481 e. The second-order valence-corrected chi connectivity index (χ2v) is 10.9. The van der Waals surface area contributed by atoms with Crippen LogP contribution in [0.1, 0.15) is 195 Å². The van der Waals surface area contributed by atoms with Gasteiger partial charge in [0.2, 0.25) is 0 Å².